The van der Waals surface area contributed by atoms with E-state index in [1.54, 1.807) is 0 Å². The van der Waals surface area contributed by atoms with Gasteiger partial charge in [-0.3, -0.25) is 0 Å². The lowest BCUT2D eigenvalue weighted by Gasteiger charge is -2.44. The number of nitrogens with zero attached hydrogens (tertiary/aromatic N) is 3. The Morgan fingerprint density at radius 3 is 2.29 bits per heavy atom. The van der Waals surface area contributed by atoms with Gasteiger partial charge in [0.2, 0.25) is 0 Å². The summed E-state index contributed by atoms with van der Waals surface area (Å²) in [4.78, 5) is 19.9. The summed E-state index contributed by atoms with van der Waals surface area (Å²) >= 11 is 0. The second-order valence-electron chi connectivity index (χ2n) is 11.1. The van der Waals surface area contributed by atoms with Crippen LogP contribution in [0.4, 0.5) is 4.79 Å². The second-order valence-corrected chi connectivity index (χ2v) is 12.9. The van der Waals surface area contributed by atoms with Crippen LogP contribution < -0.4 is 5.32 Å². The highest BCUT2D eigenvalue weighted by atomic mass is 28.2. The standard InChI is InChI=1S/C25H54N4O4Si2/c1-25(2,23(32-34-4)33-35-5)22(20-28-15-13-27(3)14-16-28)19-26-24(31)29(17-18-30)12-11-21-9-7-6-8-10-21/h21-23,30H,6-20,34-35H2,1-5H3,(H,26,31)/t22-/m0/s1. The van der Waals surface area contributed by atoms with Crippen molar-refractivity contribution in [2.75, 3.05) is 66.0 Å². The molecule has 1 aliphatic carbocycles. The molecule has 0 aromatic heterocycles. The fraction of sp³-hybridized carbons (Fsp3) is 0.960. The molecule has 2 N–H and O–H groups in total. The van der Waals surface area contributed by atoms with Gasteiger partial charge in [0.15, 0.2) is 19.5 Å². The smallest absolute Gasteiger partial charge is 0.317 e. The number of carbonyl (C=O) groups excluding carboxylic acids is 1. The summed E-state index contributed by atoms with van der Waals surface area (Å²) in [5.41, 5.74) is -0.216. The van der Waals surface area contributed by atoms with E-state index in [0.717, 1.165) is 45.7 Å². The Balaban J connectivity index is 2.04. The van der Waals surface area contributed by atoms with E-state index in [9.17, 15) is 9.90 Å². The molecule has 2 aliphatic rings. The fourth-order valence-corrected chi connectivity index (χ4v) is 7.30. The molecule has 0 spiro atoms. The van der Waals surface area contributed by atoms with Crippen LogP contribution in [-0.4, -0.2) is 118 Å². The van der Waals surface area contributed by atoms with Crippen LogP contribution >= 0.6 is 0 Å². The predicted octanol–water partition coefficient (Wildman–Crippen LogP) is 1.47. The van der Waals surface area contributed by atoms with Crippen LogP contribution in [0.1, 0.15) is 52.4 Å². The number of amides is 2. The van der Waals surface area contributed by atoms with E-state index >= 15 is 0 Å². The Morgan fingerprint density at radius 1 is 1.09 bits per heavy atom. The number of aliphatic hydroxyl groups is 1. The molecule has 2 fully saturated rings. The van der Waals surface area contributed by atoms with E-state index in [4.69, 9.17) is 8.85 Å². The molecule has 0 bridgehead atoms. The van der Waals surface area contributed by atoms with Gasteiger partial charge in [-0.2, -0.15) is 0 Å². The Hall–Kier alpha value is -0.496. The van der Waals surface area contributed by atoms with Gasteiger partial charge in [0.25, 0.3) is 0 Å². The van der Waals surface area contributed by atoms with Crippen molar-refractivity contribution in [1.29, 1.82) is 0 Å². The zero-order valence-corrected chi connectivity index (χ0v) is 26.1. The van der Waals surface area contributed by atoms with Gasteiger partial charge in [0.05, 0.1) is 6.61 Å². The van der Waals surface area contributed by atoms with Gasteiger partial charge in [-0.05, 0) is 25.3 Å². The van der Waals surface area contributed by atoms with Crippen molar-refractivity contribution in [2.24, 2.45) is 17.3 Å². The highest BCUT2D eigenvalue weighted by Gasteiger charge is 2.39. The normalized spacial score (nSPS) is 21.2. The minimum atomic E-state index is -0.616. The average molecular weight is 531 g/mol. The summed E-state index contributed by atoms with van der Waals surface area (Å²) in [6.07, 6.45) is 7.36. The van der Waals surface area contributed by atoms with Gasteiger partial charge < -0.3 is 34.0 Å². The number of aliphatic hydroxyl groups excluding tert-OH is 1. The largest absolute Gasteiger partial charge is 0.400 e. The molecule has 2 amide bonds. The summed E-state index contributed by atoms with van der Waals surface area (Å²) in [7, 11) is 0.946. The van der Waals surface area contributed by atoms with Gasteiger partial charge in [-0.25, -0.2) is 4.79 Å². The average Bonchev–Trinajstić information content (AvgIpc) is 2.85. The topological polar surface area (TPSA) is 77.5 Å². The SMILES string of the molecule is C[SiH2]OC(O[SiH2]C)C(C)(C)[C@@H](CNC(=O)N(CCO)CCC1CCCCC1)CN1CCN(C)CC1. The number of likely N-dealkylation sites (N-methyl/N-ethyl adjacent to an activating group) is 1. The van der Waals surface area contributed by atoms with Gasteiger partial charge in [-0.1, -0.05) is 59.0 Å². The minimum absolute atomic E-state index is 0.000312. The van der Waals surface area contributed by atoms with Crippen molar-refractivity contribution in [1.82, 2.24) is 20.0 Å². The van der Waals surface area contributed by atoms with E-state index in [2.05, 4.69) is 49.1 Å². The van der Waals surface area contributed by atoms with Gasteiger partial charge in [0, 0.05) is 57.8 Å². The second kappa shape index (κ2) is 16.4. The predicted molar refractivity (Wildman–Crippen MR) is 149 cm³/mol. The van der Waals surface area contributed by atoms with E-state index in [1.807, 2.05) is 4.90 Å². The number of nitrogens with one attached hydrogen (secondary N) is 1. The lowest BCUT2D eigenvalue weighted by Crippen LogP contribution is -2.54. The molecule has 10 heteroatoms. The number of carbonyl (C=O) groups is 1. The lowest BCUT2D eigenvalue weighted by molar-refractivity contribution is -0.109. The van der Waals surface area contributed by atoms with Crippen LogP contribution in [0.25, 0.3) is 0 Å². The first kappa shape index (κ1) is 30.7. The Labute approximate surface area is 219 Å². The van der Waals surface area contributed by atoms with Crippen LogP contribution in [-0.2, 0) is 8.85 Å². The molecule has 35 heavy (non-hydrogen) atoms. The molecule has 0 radical (unpaired) electrons. The van der Waals surface area contributed by atoms with Gasteiger partial charge >= 0.3 is 6.03 Å². The maximum atomic E-state index is 13.2. The molecule has 0 aromatic rings. The zero-order valence-electron chi connectivity index (χ0n) is 23.3. The Kier molecular flexibility index (Phi) is 14.4. The Morgan fingerprint density at radius 2 is 1.71 bits per heavy atom. The van der Waals surface area contributed by atoms with Crippen LogP contribution in [0.3, 0.4) is 0 Å². The summed E-state index contributed by atoms with van der Waals surface area (Å²) < 4.78 is 12.4. The van der Waals surface area contributed by atoms with Crippen molar-refractivity contribution in [3.8, 4) is 0 Å². The van der Waals surface area contributed by atoms with Crippen molar-refractivity contribution in [3.63, 3.8) is 0 Å². The van der Waals surface area contributed by atoms with E-state index in [-0.39, 0.29) is 30.3 Å². The summed E-state index contributed by atoms with van der Waals surface area (Å²) in [6.45, 7) is 15.7. The zero-order chi connectivity index (χ0) is 25.7. The van der Waals surface area contributed by atoms with E-state index in [1.165, 1.54) is 32.1 Å². The number of hydrogen-bond donors (Lipinski definition) is 2. The van der Waals surface area contributed by atoms with E-state index < -0.39 is 19.5 Å². The first-order valence-corrected chi connectivity index (χ1v) is 18.1. The quantitative estimate of drug-likeness (QED) is 0.247. The van der Waals surface area contributed by atoms with Crippen molar-refractivity contribution < 1.29 is 18.8 Å². The van der Waals surface area contributed by atoms with Gasteiger partial charge in [-0.15, -0.1) is 0 Å². The van der Waals surface area contributed by atoms with Crippen LogP contribution in [0.2, 0.25) is 13.1 Å². The molecule has 1 atom stereocenters. The monoisotopic (exact) mass is 530 g/mol. The summed E-state index contributed by atoms with van der Waals surface area (Å²) in [6, 6.07) is -0.0536. The van der Waals surface area contributed by atoms with Crippen molar-refractivity contribution in [2.45, 2.75) is 71.8 Å². The molecular formula is C25H54N4O4Si2. The fourth-order valence-electron chi connectivity index (χ4n) is 5.45. The maximum absolute atomic E-state index is 13.2. The molecule has 0 unspecified atom stereocenters. The number of rotatable bonds is 15. The lowest BCUT2D eigenvalue weighted by atomic mass is 9.77. The van der Waals surface area contributed by atoms with Crippen LogP contribution in [0, 0.1) is 17.3 Å². The molecule has 1 saturated heterocycles. The van der Waals surface area contributed by atoms with Crippen molar-refractivity contribution >= 4 is 25.6 Å². The molecule has 2 rings (SSSR count). The molecule has 206 valence electrons. The molecule has 0 aromatic carbocycles. The Bertz CT molecular complexity index is 582. The number of piperazine rings is 1. The molecule has 8 nitrogen and oxygen atoms in total. The molecule has 1 heterocycles. The minimum Gasteiger partial charge on any atom is -0.400 e. The van der Waals surface area contributed by atoms with Gasteiger partial charge in [0.1, 0.15) is 6.29 Å². The molecular weight excluding hydrogens is 476 g/mol. The number of hydrogen-bond acceptors (Lipinski definition) is 6. The van der Waals surface area contributed by atoms with E-state index in [0.29, 0.717) is 19.0 Å². The number of urea groups is 1. The third-order valence-electron chi connectivity index (χ3n) is 8.06. The van der Waals surface area contributed by atoms with Crippen molar-refractivity contribution in [3.05, 3.63) is 0 Å². The summed E-state index contributed by atoms with van der Waals surface area (Å²) in [5.74, 6) is 0.920. The third-order valence-corrected chi connectivity index (χ3v) is 9.33. The first-order chi connectivity index (χ1) is 16.8. The molecule has 1 aliphatic heterocycles. The first-order valence-electron chi connectivity index (χ1n) is 14.1. The third kappa shape index (κ3) is 10.4. The summed E-state index contributed by atoms with van der Waals surface area (Å²) in [5, 5.41) is 12.8. The van der Waals surface area contributed by atoms with Crippen LogP contribution in [0.15, 0.2) is 0 Å². The maximum Gasteiger partial charge on any atom is 0.317 e. The molecule has 1 saturated carbocycles. The highest BCUT2D eigenvalue weighted by molar-refractivity contribution is 6.26. The highest BCUT2D eigenvalue weighted by Crippen LogP contribution is 2.34. The van der Waals surface area contributed by atoms with Crippen LogP contribution in [0.5, 0.6) is 0 Å².